The van der Waals surface area contributed by atoms with Gasteiger partial charge < -0.3 is 9.84 Å². The molecule has 0 aromatic rings. The third-order valence-electron chi connectivity index (χ3n) is 2.96. The minimum atomic E-state index is -0.921. The molecule has 0 unspecified atom stereocenters. The number of aliphatic carboxylic acids is 1. The smallest absolute Gasteiger partial charge is 0.311 e. The van der Waals surface area contributed by atoms with Crippen molar-refractivity contribution in [3.8, 4) is 0 Å². The molecule has 1 rings (SSSR count). The SMILES string of the molecule is CCCCC[C@H]1OC(=O)[C@H](C)[C@H]1C(=O)O. The van der Waals surface area contributed by atoms with Crippen LogP contribution in [0.5, 0.6) is 0 Å². The van der Waals surface area contributed by atoms with Gasteiger partial charge in [0.25, 0.3) is 0 Å². The van der Waals surface area contributed by atoms with Crippen molar-refractivity contribution < 1.29 is 19.4 Å². The molecule has 4 heteroatoms. The Balaban J connectivity index is 2.55. The number of carboxylic acids is 1. The van der Waals surface area contributed by atoms with Gasteiger partial charge in [-0.05, 0) is 12.8 Å². The molecule has 4 nitrogen and oxygen atoms in total. The molecule has 1 N–H and O–H groups in total. The van der Waals surface area contributed by atoms with E-state index in [-0.39, 0.29) is 5.97 Å². The van der Waals surface area contributed by atoms with Crippen molar-refractivity contribution in [2.45, 2.75) is 45.6 Å². The van der Waals surface area contributed by atoms with Crippen LogP contribution in [0.4, 0.5) is 0 Å². The lowest BCUT2D eigenvalue weighted by Crippen LogP contribution is -2.27. The number of rotatable bonds is 5. The van der Waals surface area contributed by atoms with Gasteiger partial charge in [-0.15, -0.1) is 0 Å². The monoisotopic (exact) mass is 214 g/mol. The maximum atomic E-state index is 11.2. The zero-order valence-electron chi connectivity index (χ0n) is 9.23. The molecule has 1 aliphatic heterocycles. The first-order chi connectivity index (χ1) is 7.07. The van der Waals surface area contributed by atoms with E-state index in [1.54, 1.807) is 6.92 Å². The Morgan fingerprint density at radius 3 is 2.67 bits per heavy atom. The number of cyclic esters (lactones) is 1. The molecule has 0 bridgehead atoms. The third-order valence-corrected chi connectivity index (χ3v) is 2.96. The number of carbonyl (C=O) groups is 2. The Kier molecular flexibility index (Phi) is 4.12. The van der Waals surface area contributed by atoms with Crippen LogP contribution in [-0.2, 0) is 14.3 Å². The minimum Gasteiger partial charge on any atom is -0.481 e. The summed E-state index contributed by atoms with van der Waals surface area (Å²) >= 11 is 0. The van der Waals surface area contributed by atoms with Gasteiger partial charge in [-0.1, -0.05) is 26.7 Å². The Hall–Kier alpha value is -1.06. The number of hydrogen-bond donors (Lipinski definition) is 1. The first-order valence-electron chi connectivity index (χ1n) is 5.51. The molecule has 1 aliphatic rings. The van der Waals surface area contributed by atoms with Crippen molar-refractivity contribution in [2.24, 2.45) is 11.8 Å². The highest BCUT2D eigenvalue weighted by Gasteiger charge is 2.45. The maximum Gasteiger partial charge on any atom is 0.311 e. The first kappa shape index (κ1) is 12.0. The lowest BCUT2D eigenvalue weighted by molar-refractivity contribution is -0.144. The predicted octanol–water partition coefficient (Wildman–Crippen LogP) is 1.83. The Labute approximate surface area is 89.6 Å². The second-order valence-corrected chi connectivity index (χ2v) is 4.12. The van der Waals surface area contributed by atoms with E-state index in [2.05, 4.69) is 6.92 Å². The van der Waals surface area contributed by atoms with E-state index in [0.717, 1.165) is 19.3 Å². The fraction of sp³-hybridized carbons (Fsp3) is 0.818. The zero-order valence-corrected chi connectivity index (χ0v) is 9.23. The van der Waals surface area contributed by atoms with Gasteiger partial charge in [0, 0.05) is 0 Å². The molecule has 15 heavy (non-hydrogen) atoms. The van der Waals surface area contributed by atoms with Crippen LogP contribution in [0.1, 0.15) is 39.5 Å². The molecular weight excluding hydrogens is 196 g/mol. The van der Waals surface area contributed by atoms with E-state index in [1.165, 1.54) is 0 Å². The third kappa shape index (κ3) is 2.70. The summed E-state index contributed by atoms with van der Waals surface area (Å²) in [6, 6.07) is 0. The van der Waals surface area contributed by atoms with Crippen molar-refractivity contribution in [1.82, 2.24) is 0 Å². The summed E-state index contributed by atoms with van der Waals surface area (Å²) in [5.41, 5.74) is 0. The summed E-state index contributed by atoms with van der Waals surface area (Å²) in [5, 5.41) is 9.00. The number of carbonyl (C=O) groups excluding carboxylic acids is 1. The van der Waals surface area contributed by atoms with Crippen LogP contribution < -0.4 is 0 Å². The average Bonchev–Trinajstić information content (AvgIpc) is 2.43. The molecule has 0 aromatic carbocycles. The van der Waals surface area contributed by atoms with Gasteiger partial charge in [-0.25, -0.2) is 0 Å². The van der Waals surface area contributed by atoms with E-state index >= 15 is 0 Å². The van der Waals surface area contributed by atoms with Gasteiger partial charge >= 0.3 is 11.9 Å². The summed E-state index contributed by atoms with van der Waals surface area (Å²) in [6.45, 7) is 3.71. The lowest BCUT2D eigenvalue weighted by Gasteiger charge is -2.14. The summed E-state index contributed by atoms with van der Waals surface area (Å²) in [5.74, 6) is -2.46. The molecule has 1 fully saturated rings. The fourth-order valence-electron chi connectivity index (χ4n) is 2.01. The van der Waals surface area contributed by atoms with Crippen molar-refractivity contribution in [2.75, 3.05) is 0 Å². The van der Waals surface area contributed by atoms with Gasteiger partial charge in [0.1, 0.15) is 12.0 Å². The van der Waals surface area contributed by atoms with Crippen LogP contribution in [0.25, 0.3) is 0 Å². The van der Waals surface area contributed by atoms with E-state index in [9.17, 15) is 9.59 Å². The highest BCUT2D eigenvalue weighted by Crippen LogP contribution is 2.31. The van der Waals surface area contributed by atoms with Crippen LogP contribution in [0, 0.1) is 11.8 Å². The van der Waals surface area contributed by atoms with Crippen LogP contribution in [0.3, 0.4) is 0 Å². The summed E-state index contributed by atoms with van der Waals surface area (Å²) < 4.78 is 5.07. The second kappa shape index (κ2) is 5.14. The van der Waals surface area contributed by atoms with Gasteiger partial charge in [-0.2, -0.15) is 0 Å². The molecule has 0 spiro atoms. The highest BCUT2D eigenvalue weighted by molar-refractivity contribution is 5.84. The average molecular weight is 214 g/mol. The molecule has 0 aliphatic carbocycles. The van der Waals surface area contributed by atoms with E-state index in [0.29, 0.717) is 6.42 Å². The number of ether oxygens (including phenoxy) is 1. The van der Waals surface area contributed by atoms with E-state index in [1.807, 2.05) is 0 Å². The topological polar surface area (TPSA) is 63.6 Å². The summed E-state index contributed by atoms with van der Waals surface area (Å²) in [7, 11) is 0. The van der Waals surface area contributed by atoms with Crippen LogP contribution in [0.15, 0.2) is 0 Å². The number of esters is 1. The molecule has 3 atom stereocenters. The molecule has 0 saturated carbocycles. The van der Waals surface area contributed by atoms with Gasteiger partial charge in [-0.3, -0.25) is 9.59 Å². The van der Waals surface area contributed by atoms with Crippen molar-refractivity contribution in [3.63, 3.8) is 0 Å². The quantitative estimate of drug-likeness (QED) is 0.560. The van der Waals surface area contributed by atoms with Crippen LogP contribution in [0.2, 0.25) is 0 Å². The summed E-state index contributed by atoms with van der Waals surface area (Å²) in [4.78, 5) is 22.2. The van der Waals surface area contributed by atoms with E-state index in [4.69, 9.17) is 9.84 Å². The van der Waals surface area contributed by atoms with Crippen LogP contribution >= 0.6 is 0 Å². The standard InChI is InChI=1S/C11H18O4/c1-3-4-5-6-8-9(10(12)13)7(2)11(14)15-8/h7-9H,3-6H2,1-2H3,(H,12,13)/t7-,8-,9-/m1/s1. The zero-order chi connectivity index (χ0) is 11.4. The fourth-order valence-corrected chi connectivity index (χ4v) is 2.01. The van der Waals surface area contributed by atoms with Crippen LogP contribution in [-0.4, -0.2) is 23.1 Å². The summed E-state index contributed by atoms with van der Waals surface area (Å²) in [6.07, 6.45) is 3.30. The Bertz CT molecular complexity index is 249. The molecule has 0 aromatic heterocycles. The minimum absolute atomic E-state index is 0.371. The van der Waals surface area contributed by atoms with Crippen molar-refractivity contribution >= 4 is 11.9 Å². The maximum absolute atomic E-state index is 11.2. The normalized spacial score (nSPS) is 30.3. The second-order valence-electron chi connectivity index (χ2n) is 4.12. The molecular formula is C11H18O4. The molecule has 0 radical (unpaired) electrons. The number of carboxylic acid groups (broad SMARTS) is 1. The van der Waals surface area contributed by atoms with E-state index < -0.39 is 23.9 Å². The number of hydrogen-bond acceptors (Lipinski definition) is 3. The van der Waals surface area contributed by atoms with Gasteiger partial charge in [0.2, 0.25) is 0 Å². The van der Waals surface area contributed by atoms with Crippen molar-refractivity contribution in [3.05, 3.63) is 0 Å². The molecule has 86 valence electrons. The van der Waals surface area contributed by atoms with Crippen molar-refractivity contribution in [1.29, 1.82) is 0 Å². The largest absolute Gasteiger partial charge is 0.481 e. The molecule has 0 amide bonds. The lowest BCUT2D eigenvalue weighted by atomic mass is 9.89. The Morgan fingerprint density at radius 2 is 2.13 bits per heavy atom. The predicted molar refractivity (Wildman–Crippen MR) is 54.3 cm³/mol. The highest BCUT2D eigenvalue weighted by atomic mass is 16.6. The van der Waals surface area contributed by atoms with Gasteiger partial charge in [0.15, 0.2) is 0 Å². The molecule has 1 heterocycles. The molecule has 1 saturated heterocycles. The first-order valence-corrected chi connectivity index (χ1v) is 5.51. The number of unbranched alkanes of at least 4 members (excludes halogenated alkanes) is 2. The van der Waals surface area contributed by atoms with Gasteiger partial charge in [0.05, 0.1) is 5.92 Å². The Morgan fingerprint density at radius 1 is 1.47 bits per heavy atom.